The molecular formula is C17H17BrO4. The Balaban J connectivity index is 2.53. The Hall–Kier alpha value is -1.88. The van der Waals surface area contributed by atoms with Gasteiger partial charge in [-0.25, -0.2) is 0 Å². The van der Waals surface area contributed by atoms with Crippen molar-refractivity contribution in [3.05, 3.63) is 35.9 Å². The summed E-state index contributed by atoms with van der Waals surface area (Å²) < 4.78 is 10.5. The standard InChI is InChI=1S/C17H17BrO4/c1-11(19)21-16-7-8-17(22-12(2)20)15-10-13(4-3-9-18)5-6-14(15)16/h5-8,10H,3-4,9H2,1-2H3. The van der Waals surface area contributed by atoms with Gasteiger partial charge in [-0.1, -0.05) is 28.1 Å². The number of alkyl halides is 1. The number of ether oxygens (including phenoxy) is 2. The molecule has 0 aliphatic heterocycles. The van der Waals surface area contributed by atoms with Crippen LogP contribution >= 0.6 is 15.9 Å². The highest BCUT2D eigenvalue weighted by atomic mass is 79.9. The van der Waals surface area contributed by atoms with Crippen LogP contribution in [0, 0.1) is 0 Å². The zero-order valence-electron chi connectivity index (χ0n) is 12.5. The number of carbonyl (C=O) groups excluding carboxylic acids is 2. The normalized spacial score (nSPS) is 10.5. The molecule has 116 valence electrons. The van der Waals surface area contributed by atoms with E-state index in [9.17, 15) is 9.59 Å². The summed E-state index contributed by atoms with van der Waals surface area (Å²) in [5.74, 6) is 0.168. The van der Waals surface area contributed by atoms with Gasteiger partial charge in [0, 0.05) is 30.0 Å². The third kappa shape index (κ3) is 4.07. The average Bonchev–Trinajstić information content (AvgIpc) is 2.46. The minimum absolute atomic E-state index is 0.382. The van der Waals surface area contributed by atoms with Crippen LogP contribution in [-0.2, 0) is 16.0 Å². The molecule has 0 aromatic heterocycles. The number of hydrogen-bond donors (Lipinski definition) is 0. The van der Waals surface area contributed by atoms with Crippen molar-refractivity contribution in [3.63, 3.8) is 0 Å². The molecule has 22 heavy (non-hydrogen) atoms. The highest BCUT2D eigenvalue weighted by Crippen LogP contribution is 2.34. The molecule has 0 saturated carbocycles. The Labute approximate surface area is 137 Å². The lowest BCUT2D eigenvalue weighted by Gasteiger charge is -2.12. The summed E-state index contributed by atoms with van der Waals surface area (Å²) in [6, 6.07) is 9.15. The van der Waals surface area contributed by atoms with Crippen LogP contribution in [0.5, 0.6) is 11.5 Å². The molecule has 0 aliphatic rings. The van der Waals surface area contributed by atoms with Crippen LogP contribution in [0.3, 0.4) is 0 Å². The van der Waals surface area contributed by atoms with Crippen LogP contribution in [-0.4, -0.2) is 17.3 Å². The topological polar surface area (TPSA) is 52.6 Å². The van der Waals surface area contributed by atoms with E-state index in [4.69, 9.17) is 9.47 Å². The average molecular weight is 365 g/mol. The first-order valence-corrected chi connectivity index (χ1v) is 8.12. The maximum atomic E-state index is 11.3. The number of aryl methyl sites for hydroxylation is 1. The lowest BCUT2D eigenvalue weighted by atomic mass is 10.0. The quantitative estimate of drug-likeness (QED) is 0.456. The number of benzene rings is 2. The van der Waals surface area contributed by atoms with Gasteiger partial charge in [0.25, 0.3) is 0 Å². The number of halogens is 1. The van der Waals surface area contributed by atoms with Gasteiger partial charge in [-0.15, -0.1) is 0 Å². The second-order valence-electron chi connectivity index (χ2n) is 4.92. The van der Waals surface area contributed by atoms with Gasteiger partial charge in [-0.3, -0.25) is 9.59 Å². The van der Waals surface area contributed by atoms with Crippen molar-refractivity contribution < 1.29 is 19.1 Å². The minimum atomic E-state index is -0.384. The van der Waals surface area contributed by atoms with E-state index in [-0.39, 0.29) is 11.9 Å². The summed E-state index contributed by atoms with van der Waals surface area (Å²) in [7, 11) is 0. The van der Waals surface area contributed by atoms with Crippen molar-refractivity contribution in [2.45, 2.75) is 26.7 Å². The first-order valence-electron chi connectivity index (χ1n) is 6.99. The summed E-state index contributed by atoms with van der Waals surface area (Å²) in [5.41, 5.74) is 1.14. The molecule has 0 saturated heterocycles. The molecule has 2 rings (SSSR count). The smallest absolute Gasteiger partial charge is 0.308 e. The monoisotopic (exact) mass is 364 g/mol. The van der Waals surface area contributed by atoms with E-state index >= 15 is 0 Å². The lowest BCUT2D eigenvalue weighted by molar-refractivity contribution is -0.132. The Morgan fingerprint density at radius 3 is 2.09 bits per heavy atom. The van der Waals surface area contributed by atoms with Gasteiger partial charge in [-0.2, -0.15) is 0 Å². The van der Waals surface area contributed by atoms with Crippen LogP contribution in [0.1, 0.15) is 25.8 Å². The molecule has 2 aromatic rings. The summed E-state index contributed by atoms with van der Waals surface area (Å²) in [6.45, 7) is 2.72. The van der Waals surface area contributed by atoms with Crippen molar-refractivity contribution in [1.82, 2.24) is 0 Å². The van der Waals surface area contributed by atoms with Crippen LogP contribution in [0.4, 0.5) is 0 Å². The van der Waals surface area contributed by atoms with E-state index in [2.05, 4.69) is 15.9 Å². The van der Waals surface area contributed by atoms with Gasteiger partial charge in [0.2, 0.25) is 0 Å². The first kappa shape index (κ1) is 16.5. The number of esters is 2. The van der Waals surface area contributed by atoms with Gasteiger partial charge in [0.1, 0.15) is 11.5 Å². The predicted molar refractivity (Wildman–Crippen MR) is 88.7 cm³/mol. The van der Waals surface area contributed by atoms with E-state index in [1.807, 2.05) is 18.2 Å². The van der Waals surface area contributed by atoms with E-state index in [0.717, 1.165) is 34.5 Å². The summed E-state index contributed by atoms with van der Waals surface area (Å²) in [4.78, 5) is 22.5. The molecule has 2 aromatic carbocycles. The number of carbonyl (C=O) groups is 2. The van der Waals surface area contributed by atoms with Gasteiger partial charge >= 0.3 is 11.9 Å². The molecule has 0 amide bonds. The van der Waals surface area contributed by atoms with Gasteiger partial charge in [0.15, 0.2) is 0 Å². The highest BCUT2D eigenvalue weighted by molar-refractivity contribution is 9.09. The number of hydrogen-bond acceptors (Lipinski definition) is 4. The van der Waals surface area contributed by atoms with Crippen molar-refractivity contribution in [2.24, 2.45) is 0 Å². The molecule has 0 N–H and O–H groups in total. The molecule has 0 bridgehead atoms. The van der Waals surface area contributed by atoms with Crippen LogP contribution in [0.15, 0.2) is 30.3 Å². The Bertz CT molecular complexity index is 709. The van der Waals surface area contributed by atoms with Crippen molar-refractivity contribution in [1.29, 1.82) is 0 Å². The number of rotatable bonds is 5. The fourth-order valence-corrected chi connectivity index (χ4v) is 2.54. The Morgan fingerprint density at radius 1 is 0.955 bits per heavy atom. The maximum Gasteiger partial charge on any atom is 0.308 e. The molecule has 0 radical (unpaired) electrons. The zero-order valence-corrected chi connectivity index (χ0v) is 14.1. The van der Waals surface area contributed by atoms with E-state index in [1.54, 1.807) is 12.1 Å². The van der Waals surface area contributed by atoms with Gasteiger partial charge < -0.3 is 9.47 Å². The Morgan fingerprint density at radius 2 is 1.55 bits per heavy atom. The summed E-state index contributed by atoms with van der Waals surface area (Å²) in [6.07, 6.45) is 1.93. The van der Waals surface area contributed by atoms with Crippen LogP contribution in [0.2, 0.25) is 0 Å². The largest absolute Gasteiger partial charge is 0.426 e. The van der Waals surface area contributed by atoms with Gasteiger partial charge in [0.05, 0.1) is 0 Å². The second-order valence-corrected chi connectivity index (χ2v) is 5.71. The predicted octanol–water partition coefficient (Wildman–Crippen LogP) is 4.02. The van der Waals surface area contributed by atoms with E-state index < -0.39 is 0 Å². The van der Waals surface area contributed by atoms with Gasteiger partial charge in [-0.05, 0) is 36.6 Å². The molecule has 0 heterocycles. The van der Waals surface area contributed by atoms with Crippen molar-refractivity contribution >= 4 is 38.6 Å². The van der Waals surface area contributed by atoms with E-state index in [1.165, 1.54) is 13.8 Å². The third-order valence-electron chi connectivity index (χ3n) is 3.11. The van der Waals surface area contributed by atoms with Crippen LogP contribution < -0.4 is 9.47 Å². The molecule has 4 nitrogen and oxygen atoms in total. The van der Waals surface area contributed by atoms with E-state index in [0.29, 0.717) is 11.5 Å². The minimum Gasteiger partial charge on any atom is -0.426 e. The van der Waals surface area contributed by atoms with Crippen LogP contribution in [0.25, 0.3) is 10.8 Å². The van der Waals surface area contributed by atoms with Crippen molar-refractivity contribution in [2.75, 3.05) is 5.33 Å². The lowest BCUT2D eigenvalue weighted by Crippen LogP contribution is -2.04. The molecular weight excluding hydrogens is 348 g/mol. The first-order chi connectivity index (χ1) is 10.5. The highest BCUT2D eigenvalue weighted by Gasteiger charge is 2.12. The van der Waals surface area contributed by atoms with Crippen molar-refractivity contribution in [3.8, 4) is 11.5 Å². The molecule has 5 heteroatoms. The molecule has 0 unspecified atom stereocenters. The molecule has 0 aliphatic carbocycles. The third-order valence-corrected chi connectivity index (χ3v) is 3.67. The fraction of sp³-hybridized carbons (Fsp3) is 0.294. The maximum absolute atomic E-state index is 11.3. The molecule has 0 fully saturated rings. The molecule has 0 atom stereocenters. The summed E-state index contributed by atoms with van der Waals surface area (Å²) >= 11 is 3.42. The number of fused-ring (bicyclic) bond motifs is 1. The SMILES string of the molecule is CC(=O)Oc1ccc(OC(C)=O)c2cc(CCCBr)ccc12. The zero-order chi connectivity index (χ0) is 16.1. The summed E-state index contributed by atoms with van der Waals surface area (Å²) in [5, 5.41) is 2.44. The molecule has 0 spiro atoms. The Kier molecular flexibility index (Phi) is 5.55. The second kappa shape index (κ2) is 7.40. The fourth-order valence-electron chi connectivity index (χ4n) is 2.26.